The van der Waals surface area contributed by atoms with Crippen molar-refractivity contribution in [2.75, 3.05) is 16.9 Å². The van der Waals surface area contributed by atoms with Crippen LogP contribution >= 0.6 is 22.6 Å². The summed E-state index contributed by atoms with van der Waals surface area (Å²) in [6, 6.07) is 11.9. The van der Waals surface area contributed by atoms with Crippen LogP contribution in [0.1, 0.15) is 25.0 Å². The molecule has 6 heteroatoms. The second-order valence-electron chi connectivity index (χ2n) is 6.03. The summed E-state index contributed by atoms with van der Waals surface area (Å²) in [4.78, 5) is 17.7. The molecule has 0 aromatic heterocycles. The number of nitrogens with one attached hydrogen (secondary N) is 1. The molecule has 146 valence electrons. The maximum atomic E-state index is 12.4. The molecule has 0 spiro atoms. The number of carbonyl (C=O) groups is 1. The van der Waals surface area contributed by atoms with Crippen molar-refractivity contribution in [3.63, 3.8) is 0 Å². The third-order valence-corrected chi connectivity index (χ3v) is 3.73. The molecule has 28 heavy (non-hydrogen) atoms. The van der Waals surface area contributed by atoms with E-state index in [1.165, 1.54) is 6.92 Å². The van der Waals surface area contributed by atoms with Gasteiger partial charge in [0.2, 0.25) is 0 Å². The summed E-state index contributed by atoms with van der Waals surface area (Å²) in [5.41, 5.74) is 1.16. The van der Waals surface area contributed by atoms with E-state index in [4.69, 9.17) is 11.3 Å². The van der Waals surface area contributed by atoms with E-state index in [-0.39, 0.29) is 6.61 Å². The number of rotatable bonds is 5. The Kier molecular flexibility index (Phi) is 9.50. The molecule has 1 atom stereocenters. The highest BCUT2D eigenvalue weighted by atomic mass is 131. The lowest BCUT2D eigenvalue weighted by molar-refractivity contribution is -0.135. The van der Waals surface area contributed by atoms with Crippen molar-refractivity contribution in [1.82, 2.24) is 0 Å². The summed E-state index contributed by atoms with van der Waals surface area (Å²) in [6.07, 6.45) is 0. The monoisotopic (exact) mass is 494 g/mol. The Morgan fingerprint density at radius 1 is 1.29 bits per heavy atom. The van der Waals surface area contributed by atoms with Gasteiger partial charge in [-0.25, -0.2) is 4.85 Å². The number of anilines is 1. The van der Waals surface area contributed by atoms with Crippen LogP contribution in [-0.4, -0.2) is 28.2 Å². The number of halogens is 1. The smallest absolute Gasteiger partial charge is 0.259 e. The van der Waals surface area contributed by atoms with Gasteiger partial charge in [0.15, 0.2) is 11.3 Å². The van der Waals surface area contributed by atoms with Crippen LogP contribution in [0, 0.1) is 25.3 Å². The minimum Gasteiger partial charge on any atom is -0.490 e. The van der Waals surface area contributed by atoms with Gasteiger partial charge in [0, 0.05) is 11.3 Å². The molecule has 0 saturated carbocycles. The Labute approximate surface area is 180 Å². The summed E-state index contributed by atoms with van der Waals surface area (Å²) in [6.45, 7) is 11.8. The fourth-order valence-corrected chi connectivity index (χ4v) is 2.14. The molecule has 0 unspecified atom stereocenters. The molecular formula is C22H23IN2O3. The van der Waals surface area contributed by atoms with E-state index in [9.17, 15) is 9.90 Å². The number of aliphatic hydroxyl groups is 1. The van der Waals surface area contributed by atoms with Crippen LogP contribution in [0.15, 0.2) is 42.5 Å². The van der Waals surface area contributed by atoms with Gasteiger partial charge in [0.05, 0.1) is 6.57 Å². The van der Waals surface area contributed by atoms with Gasteiger partial charge in [-0.15, -0.1) is 5.92 Å². The number of aryl methyl sites for hydroxylation is 1. The number of alkyl halides is 1. The second-order valence-corrected chi connectivity index (χ2v) is 6.03. The Balaban J connectivity index is 0.00000190. The first-order valence-electron chi connectivity index (χ1n) is 8.41. The molecule has 0 fully saturated rings. The van der Waals surface area contributed by atoms with Gasteiger partial charge < -0.3 is 15.2 Å². The molecule has 0 radical (unpaired) electrons. The molecule has 2 aromatic carbocycles. The van der Waals surface area contributed by atoms with Crippen molar-refractivity contribution in [3.05, 3.63) is 65.0 Å². The van der Waals surface area contributed by atoms with E-state index in [1.54, 1.807) is 43.3 Å². The van der Waals surface area contributed by atoms with Crippen molar-refractivity contribution in [3.8, 4) is 17.6 Å². The summed E-state index contributed by atoms with van der Waals surface area (Å²) >= 11 is 2.15. The zero-order valence-corrected chi connectivity index (χ0v) is 18.5. The summed E-state index contributed by atoms with van der Waals surface area (Å²) in [5.74, 6) is 5.71. The van der Waals surface area contributed by atoms with Crippen molar-refractivity contribution < 1.29 is 14.6 Å². The van der Waals surface area contributed by atoms with Crippen LogP contribution in [0.25, 0.3) is 4.85 Å². The molecule has 2 aromatic rings. The number of nitrogens with zero attached hydrogens (tertiary/aromatic N) is 1. The number of amides is 1. The van der Waals surface area contributed by atoms with E-state index < -0.39 is 11.5 Å². The maximum Gasteiger partial charge on any atom is 0.259 e. The first kappa shape index (κ1) is 23.5. The molecule has 0 bridgehead atoms. The molecule has 2 rings (SSSR count). The van der Waals surface area contributed by atoms with Crippen molar-refractivity contribution in [2.45, 2.75) is 26.4 Å². The average Bonchev–Trinajstić information content (AvgIpc) is 2.71. The normalized spacial score (nSPS) is 11.5. The van der Waals surface area contributed by atoms with Gasteiger partial charge in [0.25, 0.3) is 5.91 Å². The van der Waals surface area contributed by atoms with Crippen molar-refractivity contribution in [2.24, 2.45) is 0 Å². The lowest BCUT2D eigenvalue weighted by atomic mass is 10.1. The van der Waals surface area contributed by atoms with E-state index in [2.05, 4.69) is 44.6 Å². The summed E-state index contributed by atoms with van der Waals surface area (Å²) in [5, 5.41) is 13.1. The highest BCUT2D eigenvalue weighted by Crippen LogP contribution is 2.20. The van der Waals surface area contributed by atoms with Gasteiger partial charge in [-0.1, -0.05) is 46.7 Å². The van der Waals surface area contributed by atoms with Crippen LogP contribution in [-0.2, 0) is 4.79 Å². The zero-order chi connectivity index (χ0) is 21.2. The standard InChI is InChI=1S/C21H20N2O3.CH3I/c1-5-6-16-13-18(8-7-15(16)2)23-20(24)21(3,25)14-26-19-11-9-17(22-4)10-12-19;1-2/h7-13,25H,14H2,1-3H3,(H,23,24);1H3/t21-;/m0./s1/i;2+4. The van der Waals surface area contributed by atoms with Crippen LogP contribution in [0.4, 0.5) is 11.4 Å². The van der Waals surface area contributed by atoms with Crippen LogP contribution in [0.3, 0.4) is 0 Å². The number of hydrogen-bond acceptors (Lipinski definition) is 3. The minimum absolute atomic E-state index is 0.219. The average molecular weight is 494 g/mol. The SMILES string of the molecule is C[131I].[C-]#[N+]c1ccc(OC[C@](C)(O)C(=O)Nc2ccc(C)c(C#CC)c2)cc1. The fourth-order valence-electron chi connectivity index (χ4n) is 2.14. The van der Waals surface area contributed by atoms with Gasteiger partial charge in [-0.3, -0.25) is 4.79 Å². The molecule has 1 amide bonds. The number of carbonyl (C=O) groups excluding carboxylic acids is 1. The minimum atomic E-state index is -1.72. The molecular weight excluding hydrogens is 471 g/mol. The fraction of sp³-hybridized carbons (Fsp3) is 0.273. The third kappa shape index (κ3) is 6.88. The van der Waals surface area contributed by atoms with Crippen molar-refractivity contribution >= 4 is 39.9 Å². The maximum absolute atomic E-state index is 12.4. The van der Waals surface area contributed by atoms with Crippen LogP contribution in [0.5, 0.6) is 5.75 Å². The predicted molar refractivity (Wildman–Crippen MR) is 121 cm³/mol. The molecule has 2 N–H and O–H groups in total. The molecule has 0 aliphatic rings. The van der Waals surface area contributed by atoms with Crippen molar-refractivity contribution in [1.29, 1.82) is 0 Å². The van der Waals surface area contributed by atoms with Gasteiger partial charge >= 0.3 is 0 Å². The first-order valence-corrected chi connectivity index (χ1v) is 10.6. The zero-order valence-electron chi connectivity index (χ0n) is 16.3. The topological polar surface area (TPSA) is 62.9 Å². The van der Waals surface area contributed by atoms with E-state index in [0.29, 0.717) is 17.1 Å². The predicted octanol–water partition coefficient (Wildman–Crippen LogP) is 4.74. The highest BCUT2D eigenvalue weighted by Gasteiger charge is 2.31. The largest absolute Gasteiger partial charge is 0.490 e. The van der Waals surface area contributed by atoms with Crippen LogP contribution in [0.2, 0.25) is 0 Å². The lowest BCUT2D eigenvalue weighted by Crippen LogP contribution is -2.45. The Bertz CT molecular complexity index is 904. The summed E-state index contributed by atoms with van der Waals surface area (Å²) < 4.78 is 5.47. The molecule has 0 heterocycles. The highest BCUT2D eigenvalue weighted by molar-refractivity contribution is 14.1. The molecule has 0 aliphatic carbocycles. The molecule has 5 nitrogen and oxygen atoms in total. The molecule has 0 saturated heterocycles. The Hall–Kier alpha value is -2.55. The number of hydrogen-bond donors (Lipinski definition) is 2. The molecule has 0 aliphatic heterocycles. The van der Waals surface area contributed by atoms with E-state index >= 15 is 0 Å². The van der Waals surface area contributed by atoms with Gasteiger partial charge in [-0.05, 0) is 55.5 Å². The second kappa shape index (κ2) is 11.3. The Morgan fingerprint density at radius 2 is 1.93 bits per heavy atom. The first-order chi connectivity index (χ1) is 13.4. The summed E-state index contributed by atoms with van der Waals surface area (Å²) in [7, 11) is 0. The van der Waals surface area contributed by atoms with Gasteiger partial charge in [0.1, 0.15) is 12.4 Å². The van der Waals surface area contributed by atoms with E-state index in [1.807, 2.05) is 17.9 Å². The quantitative estimate of drug-likeness (QED) is 0.273. The number of benzene rings is 2. The number of ether oxygens (including phenoxy) is 1. The third-order valence-electron chi connectivity index (χ3n) is 3.73. The lowest BCUT2D eigenvalue weighted by Gasteiger charge is -2.22. The Morgan fingerprint density at radius 3 is 2.50 bits per heavy atom. The van der Waals surface area contributed by atoms with Crippen LogP contribution < -0.4 is 10.1 Å². The van der Waals surface area contributed by atoms with Gasteiger partial charge in [-0.2, -0.15) is 0 Å². The van der Waals surface area contributed by atoms with E-state index in [0.717, 1.165) is 11.1 Å².